The second-order valence-corrected chi connectivity index (χ2v) is 4.94. The fraction of sp³-hybridized carbons (Fsp3) is 0.818. The molecule has 0 aromatic heterocycles. The van der Waals surface area contributed by atoms with Gasteiger partial charge in [0.05, 0.1) is 18.8 Å². The van der Waals surface area contributed by atoms with Crippen molar-refractivity contribution in [1.29, 1.82) is 0 Å². The minimum Gasteiger partial charge on any atom is -0.477 e. The number of hydrogen-bond acceptors (Lipinski definition) is 9. The minimum atomic E-state index is -2.85. The van der Waals surface area contributed by atoms with E-state index in [9.17, 15) is 30.0 Å². The number of aliphatic carboxylic acids is 1. The number of aliphatic hydroxyl groups is 6. The molecule has 11 heteroatoms. The van der Waals surface area contributed by atoms with Crippen LogP contribution < -0.4 is 5.32 Å². The van der Waals surface area contributed by atoms with Crippen molar-refractivity contribution in [3.63, 3.8) is 0 Å². The standard InChI is InChI=1S/C11H19NO10/c13-2-5(16)8(18)9-7(12-6(17)3-14)4(15)1-11(21,22-9)10(19)20/h4-5,7-9,13-16,18,21H,1-3H2,(H,12,17)(H,19,20)/t4-,5+,7+,8+,9+,11+/m0/s1. The van der Waals surface area contributed by atoms with Gasteiger partial charge < -0.3 is 45.8 Å². The van der Waals surface area contributed by atoms with Crippen LogP contribution in [0.1, 0.15) is 6.42 Å². The molecule has 0 aromatic rings. The maximum absolute atomic E-state index is 11.2. The van der Waals surface area contributed by atoms with Gasteiger partial charge in [-0.1, -0.05) is 0 Å². The predicted molar refractivity (Wildman–Crippen MR) is 66.2 cm³/mol. The van der Waals surface area contributed by atoms with E-state index in [0.717, 1.165) is 0 Å². The van der Waals surface area contributed by atoms with Gasteiger partial charge in [-0.25, -0.2) is 4.79 Å². The normalized spacial score (nSPS) is 34.7. The fourth-order valence-electron chi connectivity index (χ4n) is 2.13. The third-order valence-corrected chi connectivity index (χ3v) is 3.31. The minimum absolute atomic E-state index is 0.822. The number of rotatable bonds is 6. The number of hydrogen-bond donors (Lipinski definition) is 8. The molecule has 128 valence electrons. The lowest BCUT2D eigenvalue weighted by atomic mass is 9.88. The summed E-state index contributed by atoms with van der Waals surface area (Å²) in [4.78, 5) is 22.2. The van der Waals surface area contributed by atoms with E-state index in [-0.39, 0.29) is 0 Å². The Morgan fingerprint density at radius 2 is 1.91 bits per heavy atom. The van der Waals surface area contributed by atoms with Gasteiger partial charge in [0.15, 0.2) is 0 Å². The van der Waals surface area contributed by atoms with Gasteiger partial charge in [0.2, 0.25) is 5.91 Å². The van der Waals surface area contributed by atoms with Gasteiger partial charge >= 0.3 is 5.97 Å². The van der Waals surface area contributed by atoms with Crippen LogP contribution in [0.3, 0.4) is 0 Å². The molecular formula is C11H19NO10. The zero-order valence-electron chi connectivity index (χ0n) is 11.4. The largest absolute Gasteiger partial charge is 0.477 e. The summed E-state index contributed by atoms with van der Waals surface area (Å²) in [6.07, 6.45) is -7.92. The molecular weight excluding hydrogens is 306 g/mol. The molecule has 8 N–H and O–H groups in total. The van der Waals surface area contributed by atoms with Crippen LogP contribution in [-0.4, -0.2) is 97.1 Å². The summed E-state index contributed by atoms with van der Waals surface area (Å²) in [6, 6.07) is -1.42. The van der Waals surface area contributed by atoms with Crippen LogP contribution in [0.15, 0.2) is 0 Å². The van der Waals surface area contributed by atoms with E-state index in [1.54, 1.807) is 0 Å². The lowest BCUT2D eigenvalue weighted by Crippen LogP contribution is -2.67. The number of amides is 1. The molecule has 6 atom stereocenters. The molecule has 1 fully saturated rings. The molecule has 11 nitrogen and oxygen atoms in total. The first-order valence-electron chi connectivity index (χ1n) is 6.35. The van der Waals surface area contributed by atoms with Crippen molar-refractivity contribution in [2.24, 2.45) is 0 Å². The maximum atomic E-state index is 11.2. The summed E-state index contributed by atoms with van der Waals surface area (Å²) in [5.74, 6) is -5.64. The van der Waals surface area contributed by atoms with Crippen LogP contribution >= 0.6 is 0 Å². The number of ether oxygens (including phenoxy) is 1. The van der Waals surface area contributed by atoms with E-state index in [1.807, 2.05) is 0 Å². The first kappa shape index (κ1) is 18.7. The summed E-state index contributed by atoms with van der Waals surface area (Å²) in [5.41, 5.74) is 0. The lowest BCUT2D eigenvalue weighted by Gasteiger charge is -2.44. The van der Waals surface area contributed by atoms with Crippen molar-refractivity contribution in [2.45, 2.75) is 42.7 Å². The second kappa shape index (κ2) is 7.28. The van der Waals surface area contributed by atoms with Gasteiger partial charge in [-0.15, -0.1) is 0 Å². The Balaban J connectivity index is 3.07. The molecule has 0 aliphatic carbocycles. The Kier molecular flexibility index (Phi) is 6.19. The molecule has 1 rings (SSSR count). The van der Waals surface area contributed by atoms with Gasteiger partial charge in [0.25, 0.3) is 5.79 Å². The molecule has 0 bridgehead atoms. The Morgan fingerprint density at radius 3 is 2.36 bits per heavy atom. The molecule has 0 radical (unpaired) electrons. The number of carboxylic acids is 1. The third kappa shape index (κ3) is 3.89. The van der Waals surface area contributed by atoms with Gasteiger partial charge in [-0.2, -0.15) is 0 Å². The number of aliphatic hydroxyl groups excluding tert-OH is 5. The summed E-state index contributed by atoms with van der Waals surface area (Å²) < 4.78 is 4.83. The van der Waals surface area contributed by atoms with Crippen LogP contribution in [0.2, 0.25) is 0 Å². The zero-order valence-corrected chi connectivity index (χ0v) is 11.4. The summed E-state index contributed by atoms with van der Waals surface area (Å²) in [6.45, 7) is -1.86. The summed E-state index contributed by atoms with van der Waals surface area (Å²) in [7, 11) is 0. The summed E-state index contributed by atoms with van der Waals surface area (Å²) in [5, 5.41) is 67.5. The van der Waals surface area contributed by atoms with E-state index >= 15 is 0 Å². The Bertz CT molecular complexity index is 418. The molecule has 0 aromatic carbocycles. The van der Waals surface area contributed by atoms with Gasteiger partial charge in [0.1, 0.15) is 24.9 Å². The highest BCUT2D eigenvalue weighted by Crippen LogP contribution is 2.30. The Hall–Kier alpha value is -1.34. The third-order valence-electron chi connectivity index (χ3n) is 3.31. The van der Waals surface area contributed by atoms with Crippen molar-refractivity contribution in [2.75, 3.05) is 13.2 Å². The van der Waals surface area contributed by atoms with E-state index < -0.39 is 67.8 Å². The van der Waals surface area contributed by atoms with Crippen molar-refractivity contribution >= 4 is 11.9 Å². The first-order valence-corrected chi connectivity index (χ1v) is 6.35. The van der Waals surface area contributed by atoms with Crippen LogP contribution in [0.25, 0.3) is 0 Å². The van der Waals surface area contributed by atoms with Crippen molar-refractivity contribution in [3.8, 4) is 0 Å². The average molecular weight is 325 g/mol. The molecule has 1 heterocycles. The second-order valence-electron chi connectivity index (χ2n) is 4.94. The van der Waals surface area contributed by atoms with Gasteiger partial charge in [-0.3, -0.25) is 4.79 Å². The van der Waals surface area contributed by atoms with E-state index in [1.165, 1.54) is 0 Å². The van der Waals surface area contributed by atoms with E-state index in [4.69, 9.17) is 20.1 Å². The molecule has 1 aliphatic heterocycles. The topological polar surface area (TPSA) is 197 Å². The highest BCUT2D eigenvalue weighted by atomic mass is 16.7. The first-order chi connectivity index (χ1) is 10.2. The number of carbonyl (C=O) groups is 2. The number of carbonyl (C=O) groups excluding carboxylic acids is 1. The van der Waals surface area contributed by atoms with Crippen LogP contribution in [0, 0.1) is 0 Å². The fourth-order valence-corrected chi connectivity index (χ4v) is 2.13. The van der Waals surface area contributed by atoms with Crippen LogP contribution in [0.5, 0.6) is 0 Å². The molecule has 1 aliphatic rings. The molecule has 0 unspecified atom stereocenters. The molecule has 0 saturated carbocycles. The predicted octanol–water partition coefficient (Wildman–Crippen LogP) is -4.90. The highest BCUT2D eigenvalue weighted by Gasteiger charge is 2.53. The lowest BCUT2D eigenvalue weighted by molar-refractivity contribution is -0.295. The Labute approximate surface area is 124 Å². The van der Waals surface area contributed by atoms with E-state index in [0.29, 0.717) is 0 Å². The zero-order chi connectivity index (χ0) is 17.1. The molecule has 1 saturated heterocycles. The SMILES string of the molecule is O=C(CO)N[C@H]1[C@H]([C@H](O)[C@H](O)CO)O[C@@](O)(C(=O)O)C[C@@H]1O. The van der Waals surface area contributed by atoms with Crippen molar-refractivity contribution < 1.29 is 50.1 Å². The van der Waals surface area contributed by atoms with Gasteiger partial charge in [-0.05, 0) is 0 Å². The van der Waals surface area contributed by atoms with Crippen molar-refractivity contribution in [1.82, 2.24) is 5.32 Å². The van der Waals surface area contributed by atoms with Gasteiger partial charge in [0, 0.05) is 6.42 Å². The average Bonchev–Trinajstić information content (AvgIpc) is 2.47. The van der Waals surface area contributed by atoms with Crippen LogP contribution in [0.4, 0.5) is 0 Å². The Morgan fingerprint density at radius 1 is 1.32 bits per heavy atom. The number of nitrogens with one attached hydrogen (secondary N) is 1. The maximum Gasteiger partial charge on any atom is 0.364 e. The van der Waals surface area contributed by atoms with E-state index in [2.05, 4.69) is 5.32 Å². The van der Waals surface area contributed by atoms with Crippen molar-refractivity contribution in [3.05, 3.63) is 0 Å². The van der Waals surface area contributed by atoms with Crippen LogP contribution in [-0.2, 0) is 14.3 Å². The molecule has 1 amide bonds. The highest BCUT2D eigenvalue weighted by molar-refractivity contribution is 5.78. The molecule has 0 spiro atoms. The molecule has 22 heavy (non-hydrogen) atoms. The smallest absolute Gasteiger partial charge is 0.364 e. The number of carboxylic acid groups (broad SMARTS) is 1. The quantitative estimate of drug-likeness (QED) is 0.234. The summed E-state index contributed by atoms with van der Waals surface area (Å²) >= 11 is 0. The monoisotopic (exact) mass is 325 g/mol.